The van der Waals surface area contributed by atoms with E-state index in [1.807, 2.05) is 0 Å². The Bertz CT molecular complexity index is 1150. The van der Waals surface area contributed by atoms with Gasteiger partial charge in [0.05, 0.1) is 15.6 Å². The number of hydrogen-bond donors (Lipinski definition) is 1. The lowest BCUT2D eigenvalue weighted by molar-refractivity contribution is 0.0697. The Kier molecular flexibility index (Phi) is 5.71. The molecule has 150 valence electrons. The number of aromatic nitrogens is 4. The van der Waals surface area contributed by atoms with E-state index in [1.165, 1.54) is 35.2 Å². The van der Waals surface area contributed by atoms with Crippen molar-refractivity contribution in [1.29, 1.82) is 0 Å². The number of tetrazole rings is 1. The number of halogens is 2. The number of anilines is 1. The van der Waals surface area contributed by atoms with Crippen LogP contribution >= 0.6 is 23.2 Å². The molecule has 0 atom stereocenters. The van der Waals surface area contributed by atoms with Crippen LogP contribution in [0.4, 0.5) is 10.5 Å². The minimum Gasteiger partial charge on any atom is -0.478 e. The molecule has 0 aliphatic carbocycles. The van der Waals surface area contributed by atoms with Gasteiger partial charge >= 0.3 is 17.7 Å². The van der Waals surface area contributed by atoms with Gasteiger partial charge in [-0.05, 0) is 60.2 Å². The van der Waals surface area contributed by atoms with Gasteiger partial charge < -0.3 is 5.11 Å². The van der Waals surface area contributed by atoms with E-state index in [4.69, 9.17) is 28.3 Å². The van der Waals surface area contributed by atoms with E-state index < -0.39 is 17.7 Å². The Labute approximate surface area is 174 Å². The van der Waals surface area contributed by atoms with Crippen molar-refractivity contribution in [3.8, 4) is 5.69 Å². The van der Waals surface area contributed by atoms with Crippen LogP contribution in [0.1, 0.15) is 22.8 Å². The summed E-state index contributed by atoms with van der Waals surface area (Å²) in [7, 11) is 0. The number of para-hydroxylation sites is 1. The Morgan fingerprint density at radius 3 is 2.34 bits per heavy atom. The molecule has 0 unspecified atom stereocenters. The number of aryl methyl sites for hydroxylation is 1. The first-order valence-corrected chi connectivity index (χ1v) is 9.17. The SMILES string of the molecule is CCN(C(=O)n1nnn(-c2c(Cl)cccc2Cl)c1=O)c1ccc(C(=O)O)cc1C. The summed E-state index contributed by atoms with van der Waals surface area (Å²) >= 11 is 12.2. The van der Waals surface area contributed by atoms with E-state index in [-0.39, 0.29) is 27.8 Å². The molecule has 0 aliphatic heterocycles. The van der Waals surface area contributed by atoms with Crippen molar-refractivity contribution in [1.82, 2.24) is 19.8 Å². The molecule has 0 saturated heterocycles. The molecule has 0 radical (unpaired) electrons. The summed E-state index contributed by atoms with van der Waals surface area (Å²) in [5.74, 6) is -1.08. The molecule has 1 amide bonds. The second-order valence-corrected chi connectivity index (χ2v) is 6.80. The molecule has 9 nitrogen and oxygen atoms in total. The van der Waals surface area contributed by atoms with Crippen molar-refractivity contribution in [3.63, 3.8) is 0 Å². The first kappa shape index (κ1) is 20.6. The third kappa shape index (κ3) is 3.74. The number of benzene rings is 2. The summed E-state index contributed by atoms with van der Waals surface area (Å²) < 4.78 is 1.44. The number of nitrogens with zero attached hydrogens (tertiary/aromatic N) is 5. The van der Waals surface area contributed by atoms with Gasteiger partial charge in [0.25, 0.3) is 0 Å². The summed E-state index contributed by atoms with van der Waals surface area (Å²) in [6, 6.07) is 8.24. The highest BCUT2D eigenvalue weighted by Gasteiger charge is 2.24. The number of carboxylic acid groups (broad SMARTS) is 1. The van der Waals surface area contributed by atoms with E-state index in [1.54, 1.807) is 19.9 Å². The number of carboxylic acids is 1. The fourth-order valence-electron chi connectivity index (χ4n) is 2.81. The number of carbonyl (C=O) groups excluding carboxylic acids is 1. The van der Waals surface area contributed by atoms with Crippen molar-refractivity contribution >= 4 is 40.9 Å². The summed E-state index contributed by atoms with van der Waals surface area (Å²) in [6.07, 6.45) is 0. The van der Waals surface area contributed by atoms with Gasteiger partial charge in [-0.15, -0.1) is 4.68 Å². The first-order chi connectivity index (χ1) is 13.8. The highest BCUT2D eigenvalue weighted by molar-refractivity contribution is 6.37. The molecule has 1 N–H and O–H groups in total. The topological polar surface area (TPSA) is 110 Å². The van der Waals surface area contributed by atoms with Crippen molar-refractivity contribution in [3.05, 3.63) is 68.1 Å². The van der Waals surface area contributed by atoms with Crippen LogP contribution in [0.3, 0.4) is 0 Å². The van der Waals surface area contributed by atoms with Crippen LogP contribution in [0.5, 0.6) is 0 Å². The van der Waals surface area contributed by atoms with Gasteiger partial charge in [0.2, 0.25) is 0 Å². The fraction of sp³-hybridized carbons (Fsp3) is 0.167. The van der Waals surface area contributed by atoms with Gasteiger partial charge in [0.15, 0.2) is 0 Å². The quantitative estimate of drug-likeness (QED) is 0.629. The molecule has 1 heterocycles. The van der Waals surface area contributed by atoms with E-state index in [0.717, 1.165) is 4.68 Å². The average molecular weight is 436 g/mol. The minimum absolute atomic E-state index is 0.0891. The molecule has 2 aromatic carbocycles. The largest absolute Gasteiger partial charge is 0.478 e. The van der Waals surface area contributed by atoms with E-state index in [0.29, 0.717) is 15.9 Å². The molecule has 29 heavy (non-hydrogen) atoms. The van der Waals surface area contributed by atoms with Gasteiger partial charge in [-0.25, -0.2) is 14.4 Å². The summed E-state index contributed by atoms with van der Waals surface area (Å²) in [5, 5.41) is 16.8. The monoisotopic (exact) mass is 435 g/mol. The van der Waals surface area contributed by atoms with Gasteiger partial charge in [0, 0.05) is 12.2 Å². The maximum absolute atomic E-state index is 13.0. The maximum atomic E-state index is 13.0. The van der Waals surface area contributed by atoms with Crippen molar-refractivity contribution in [2.45, 2.75) is 13.8 Å². The smallest absolute Gasteiger partial charge is 0.377 e. The second-order valence-electron chi connectivity index (χ2n) is 5.99. The van der Waals surface area contributed by atoms with Crippen LogP contribution in [0.2, 0.25) is 10.0 Å². The summed E-state index contributed by atoms with van der Waals surface area (Å²) in [5.41, 5.74) is 0.355. The number of carbonyl (C=O) groups is 2. The normalized spacial score (nSPS) is 10.8. The van der Waals surface area contributed by atoms with Crippen molar-refractivity contribution < 1.29 is 14.7 Å². The number of hydrogen-bond acceptors (Lipinski definition) is 5. The van der Waals surface area contributed by atoms with Crippen molar-refractivity contribution in [2.24, 2.45) is 0 Å². The number of aromatic carboxylic acids is 1. The van der Waals surface area contributed by atoms with Crippen molar-refractivity contribution in [2.75, 3.05) is 11.4 Å². The number of amides is 1. The van der Waals surface area contributed by atoms with Gasteiger partial charge in [-0.1, -0.05) is 29.3 Å². The van der Waals surface area contributed by atoms with Crippen LogP contribution in [0.15, 0.2) is 41.2 Å². The predicted molar refractivity (Wildman–Crippen MR) is 108 cm³/mol. The fourth-order valence-corrected chi connectivity index (χ4v) is 3.37. The highest BCUT2D eigenvalue weighted by atomic mass is 35.5. The van der Waals surface area contributed by atoms with Crippen LogP contribution < -0.4 is 10.6 Å². The summed E-state index contributed by atoms with van der Waals surface area (Å²) in [6.45, 7) is 3.59. The zero-order valence-corrected chi connectivity index (χ0v) is 16.8. The van der Waals surface area contributed by atoms with E-state index in [9.17, 15) is 14.4 Å². The summed E-state index contributed by atoms with van der Waals surface area (Å²) in [4.78, 5) is 38.1. The Morgan fingerprint density at radius 1 is 1.14 bits per heavy atom. The molecule has 0 bridgehead atoms. The predicted octanol–water partition coefficient (Wildman–Crippen LogP) is 3.24. The van der Waals surface area contributed by atoms with Gasteiger partial charge in [-0.3, -0.25) is 4.90 Å². The van der Waals surface area contributed by atoms with Gasteiger partial charge in [0.1, 0.15) is 5.69 Å². The molecule has 0 spiro atoms. The molecule has 3 aromatic rings. The zero-order valence-electron chi connectivity index (χ0n) is 15.3. The van der Waals surface area contributed by atoms with E-state index in [2.05, 4.69) is 10.4 Å². The van der Waals surface area contributed by atoms with Crippen LogP contribution in [-0.4, -0.2) is 43.4 Å². The lowest BCUT2D eigenvalue weighted by atomic mass is 10.1. The molecule has 3 rings (SSSR count). The van der Waals surface area contributed by atoms with Crippen LogP contribution in [-0.2, 0) is 0 Å². The van der Waals surface area contributed by atoms with Crippen LogP contribution in [0.25, 0.3) is 5.69 Å². The van der Waals surface area contributed by atoms with Gasteiger partial charge in [-0.2, -0.15) is 4.68 Å². The minimum atomic E-state index is -1.08. The lowest BCUT2D eigenvalue weighted by Crippen LogP contribution is -2.41. The van der Waals surface area contributed by atoms with Crippen LogP contribution in [0, 0.1) is 6.92 Å². The molecular weight excluding hydrogens is 421 g/mol. The third-order valence-electron chi connectivity index (χ3n) is 4.19. The molecular formula is C18H15Cl2N5O4. The standard InChI is InChI=1S/C18H15Cl2N5O4/c1-3-23(14-8-7-11(16(26)27)9-10(14)2)17(28)25-18(29)24(21-22-25)15-12(19)5-4-6-13(15)20/h4-9H,3H2,1-2H3,(H,26,27). The molecule has 11 heteroatoms. The average Bonchev–Trinajstić information content (AvgIpc) is 3.04. The van der Waals surface area contributed by atoms with E-state index >= 15 is 0 Å². The maximum Gasteiger partial charge on any atom is 0.377 e. The Balaban J connectivity index is 2.03. The lowest BCUT2D eigenvalue weighted by Gasteiger charge is -2.22. The second kappa shape index (κ2) is 8.06. The molecule has 0 fully saturated rings. The third-order valence-corrected chi connectivity index (χ3v) is 4.80. The molecule has 1 aromatic heterocycles. The molecule has 0 saturated carbocycles. The molecule has 0 aliphatic rings. The zero-order chi connectivity index (χ0) is 21.3. The Hall–Kier alpha value is -3.17. The first-order valence-electron chi connectivity index (χ1n) is 8.41. The Morgan fingerprint density at radius 2 is 1.79 bits per heavy atom. The highest BCUT2D eigenvalue weighted by Crippen LogP contribution is 2.26. The number of rotatable bonds is 4.